The number of carbonyl (C=O) groups is 1. The largest absolute Gasteiger partial charge is 0.497 e. The van der Waals surface area contributed by atoms with Gasteiger partial charge in [0.05, 0.1) is 13.7 Å². The summed E-state index contributed by atoms with van der Waals surface area (Å²) >= 11 is 0. The second kappa shape index (κ2) is 11.0. The lowest BCUT2D eigenvalue weighted by Crippen LogP contribution is -1.98. The van der Waals surface area contributed by atoms with E-state index in [0.717, 1.165) is 28.9 Å². The van der Waals surface area contributed by atoms with Crippen molar-refractivity contribution in [3.8, 4) is 5.75 Å². The average Bonchev–Trinajstić information content (AvgIpc) is 2.82. The predicted molar refractivity (Wildman–Crippen MR) is 128 cm³/mol. The van der Waals surface area contributed by atoms with Gasteiger partial charge in [-0.05, 0) is 65.0 Å². The Kier molecular flexibility index (Phi) is 7.83. The monoisotopic (exact) mass is 412 g/mol. The van der Waals surface area contributed by atoms with Crippen molar-refractivity contribution in [2.24, 2.45) is 0 Å². The van der Waals surface area contributed by atoms with E-state index >= 15 is 0 Å². The van der Waals surface area contributed by atoms with Crippen molar-refractivity contribution < 1.29 is 14.3 Å². The molecule has 0 saturated carbocycles. The van der Waals surface area contributed by atoms with E-state index in [0.29, 0.717) is 6.61 Å². The number of rotatable bonds is 8. The smallest absolute Gasteiger partial charge is 0.330 e. The van der Waals surface area contributed by atoms with Gasteiger partial charge in [-0.25, -0.2) is 4.79 Å². The summed E-state index contributed by atoms with van der Waals surface area (Å²) in [5.41, 5.74) is 6.89. The normalized spacial score (nSPS) is 11.8. The van der Waals surface area contributed by atoms with E-state index in [1.807, 2.05) is 30.3 Å². The van der Waals surface area contributed by atoms with Crippen LogP contribution in [0.15, 0.2) is 84.9 Å². The fraction of sp³-hybridized carbons (Fsp3) is 0.179. The van der Waals surface area contributed by atoms with Crippen molar-refractivity contribution in [2.75, 3.05) is 13.7 Å². The van der Waals surface area contributed by atoms with E-state index in [9.17, 15) is 4.79 Å². The van der Waals surface area contributed by atoms with Crippen LogP contribution in [0.4, 0.5) is 0 Å². The zero-order chi connectivity index (χ0) is 22.1. The molecule has 3 rings (SSSR count). The molecule has 0 heterocycles. The number of benzene rings is 3. The molecule has 3 heteroatoms. The van der Waals surface area contributed by atoms with Gasteiger partial charge in [0.25, 0.3) is 0 Å². The van der Waals surface area contributed by atoms with Crippen LogP contribution in [0, 0.1) is 0 Å². The van der Waals surface area contributed by atoms with Crippen LogP contribution in [-0.2, 0) is 9.53 Å². The van der Waals surface area contributed by atoms with Gasteiger partial charge in [-0.3, -0.25) is 0 Å². The highest BCUT2D eigenvalue weighted by Crippen LogP contribution is 2.35. The molecule has 3 aromatic carbocycles. The van der Waals surface area contributed by atoms with Crippen LogP contribution in [-0.4, -0.2) is 19.7 Å². The number of hydrogen-bond donors (Lipinski definition) is 0. The molecule has 0 unspecified atom stereocenters. The van der Waals surface area contributed by atoms with Gasteiger partial charge in [0.2, 0.25) is 0 Å². The highest BCUT2D eigenvalue weighted by molar-refractivity contribution is 5.98. The van der Waals surface area contributed by atoms with Gasteiger partial charge < -0.3 is 9.47 Å². The highest BCUT2D eigenvalue weighted by atomic mass is 16.5. The number of methoxy groups -OCH3 is 1. The van der Waals surface area contributed by atoms with Crippen molar-refractivity contribution in [1.82, 2.24) is 0 Å². The minimum Gasteiger partial charge on any atom is -0.497 e. The van der Waals surface area contributed by atoms with Crippen molar-refractivity contribution >= 4 is 23.2 Å². The molecule has 0 aliphatic carbocycles. The Hall–Kier alpha value is -3.59. The summed E-state index contributed by atoms with van der Waals surface area (Å²) < 4.78 is 10.3. The molecule has 3 nitrogen and oxygen atoms in total. The van der Waals surface area contributed by atoms with Crippen LogP contribution in [0.2, 0.25) is 0 Å². The molecule has 158 valence electrons. The van der Waals surface area contributed by atoms with Crippen LogP contribution in [0.25, 0.3) is 17.2 Å². The molecule has 0 N–H and O–H groups in total. The quantitative estimate of drug-likeness (QED) is 0.236. The molecule has 0 fully saturated rings. The summed E-state index contributed by atoms with van der Waals surface area (Å²) in [6, 6.07) is 26.9. The van der Waals surface area contributed by atoms with E-state index < -0.39 is 0 Å². The average molecular weight is 413 g/mol. The molecular weight excluding hydrogens is 384 g/mol. The third kappa shape index (κ3) is 5.73. The first-order valence-electron chi connectivity index (χ1n) is 10.5. The van der Waals surface area contributed by atoms with Crippen molar-refractivity contribution in [2.45, 2.75) is 20.3 Å². The third-order valence-corrected chi connectivity index (χ3v) is 5.05. The number of carbonyl (C=O) groups excluding carboxylic acids is 1. The molecule has 0 radical (unpaired) electrons. The molecule has 0 saturated heterocycles. The van der Waals surface area contributed by atoms with E-state index in [1.165, 1.54) is 22.8 Å². The lowest BCUT2D eigenvalue weighted by Gasteiger charge is -2.17. The van der Waals surface area contributed by atoms with Gasteiger partial charge in [-0.15, -0.1) is 0 Å². The summed E-state index contributed by atoms with van der Waals surface area (Å²) in [7, 11) is 1.68. The summed E-state index contributed by atoms with van der Waals surface area (Å²) in [6.45, 7) is 4.35. The van der Waals surface area contributed by atoms with Crippen LogP contribution < -0.4 is 4.74 Å². The van der Waals surface area contributed by atoms with Crippen LogP contribution in [0.1, 0.15) is 42.5 Å². The fourth-order valence-corrected chi connectivity index (χ4v) is 3.55. The van der Waals surface area contributed by atoms with Gasteiger partial charge >= 0.3 is 5.97 Å². The Balaban J connectivity index is 2.06. The first kappa shape index (κ1) is 22.1. The standard InChI is InChI=1S/C28H28O3/c1-4-26(22-9-7-6-8-10-22)28(24-16-18-25(30-3)19-17-24)23-14-11-21(12-15-23)13-20-27(29)31-5-2/h6-20H,4-5H2,1-3H3/b20-13+,28-26-. The zero-order valence-corrected chi connectivity index (χ0v) is 18.3. The van der Waals surface area contributed by atoms with Gasteiger partial charge in [0.15, 0.2) is 0 Å². The Bertz CT molecular complexity index is 1040. The second-order valence-electron chi connectivity index (χ2n) is 7.01. The third-order valence-electron chi connectivity index (χ3n) is 5.05. The van der Waals surface area contributed by atoms with Crippen molar-refractivity contribution in [3.05, 3.63) is 107 Å². The van der Waals surface area contributed by atoms with Crippen LogP contribution >= 0.6 is 0 Å². The maximum Gasteiger partial charge on any atom is 0.330 e. The van der Waals surface area contributed by atoms with Gasteiger partial charge in [0, 0.05) is 6.08 Å². The molecule has 0 bridgehead atoms. The van der Waals surface area contributed by atoms with Crippen molar-refractivity contribution in [3.63, 3.8) is 0 Å². The summed E-state index contributed by atoms with van der Waals surface area (Å²) in [4.78, 5) is 11.6. The SMILES string of the molecule is CCOC(=O)/C=C/c1ccc(/C(=C(\CC)c2ccccc2)c2ccc(OC)cc2)cc1. The summed E-state index contributed by atoms with van der Waals surface area (Å²) in [6.07, 6.45) is 4.13. The van der Waals surface area contributed by atoms with E-state index in [2.05, 4.69) is 55.5 Å². The molecule has 0 amide bonds. The van der Waals surface area contributed by atoms with Gasteiger partial charge in [0.1, 0.15) is 5.75 Å². The van der Waals surface area contributed by atoms with Crippen LogP contribution in [0.5, 0.6) is 5.75 Å². The molecule has 0 aliphatic rings. The topological polar surface area (TPSA) is 35.5 Å². The van der Waals surface area contributed by atoms with E-state index in [1.54, 1.807) is 20.1 Å². The number of allylic oxidation sites excluding steroid dienone is 1. The molecule has 0 aliphatic heterocycles. The Labute approximate surface area is 184 Å². The van der Waals surface area contributed by atoms with E-state index in [4.69, 9.17) is 9.47 Å². The Morgan fingerprint density at radius 3 is 1.97 bits per heavy atom. The maximum absolute atomic E-state index is 11.6. The summed E-state index contributed by atoms with van der Waals surface area (Å²) in [5, 5.41) is 0. The maximum atomic E-state index is 11.6. The molecule has 31 heavy (non-hydrogen) atoms. The molecule has 3 aromatic rings. The molecule has 0 aromatic heterocycles. The first-order valence-corrected chi connectivity index (χ1v) is 10.5. The minimum absolute atomic E-state index is 0.331. The number of esters is 1. The molecule has 0 atom stereocenters. The Morgan fingerprint density at radius 2 is 1.42 bits per heavy atom. The highest BCUT2D eigenvalue weighted by Gasteiger charge is 2.13. The molecular formula is C28H28O3. The second-order valence-corrected chi connectivity index (χ2v) is 7.01. The van der Waals surface area contributed by atoms with Crippen LogP contribution in [0.3, 0.4) is 0 Å². The predicted octanol–water partition coefficient (Wildman–Crippen LogP) is 6.64. The lowest BCUT2D eigenvalue weighted by atomic mass is 9.88. The number of hydrogen-bond acceptors (Lipinski definition) is 3. The Morgan fingerprint density at radius 1 is 0.806 bits per heavy atom. The van der Waals surface area contributed by atoms with Gasteiger partial charge in [-0.2, -0.15) is 0 Å². The molecule has 0 spiro atoms. The first-order chi connectivity index (χ1) is 15.2. The van der Waals surface area contributed by atoms with E-state index in [-0.39, 0.29) is 5.97 Å². The fourth-order valence-electron chi connectivity index (χ4n) is 3.55. The van der Waals surface area contributed by atoms with Crippen molar-refractivity contribution in [1.29, 1.82) is 0 Å². The lowest BCUT2D eigenvalue weighted by molar-refractivity contribution is -0.137. The zero-order valence-electron chi connectivity index (χ0n) is 18.3. The van der Waals surface area contributed by atoms with Gasteiger partial charge in [-0.1, -0.05) is 73.7 Å². The summed E-state index contributed by atoms with van der Waals surface area (Å²) in [5.74, 6) is 0.503. The minimum atomic E-state index is -0.331. The number of ether oxygens (including phenoxy) is 2.